The zero-order valence-corrected chi connectivity index (χ0v) is 24.3. The van der Waals surface area contributed by atoms with Crippen LogP contribution in [-0.2, 0) is 32.7 Å². The number of aryl methyl sites for hydroxylation is 2. The SMILES string of the molecule is Cc1cccc(N2CCCC3(CN(Cc4cnn(C)c4)CCO3)C2)c1.O=C(O)C(F)(F)F.O=C(O)C(F)(F)F.O=C(O)C(F)(F)F. The predicted octanol–water partition coefficient (Wildman–Crippen LogP) is 4.50. The standard InChI is InChI=1S/C20H28N4O.3C2HF3O2/c1-17-5-3-6-19(11-17)24-8-4-7-20(16-24)15-23(9-10-25-20)14-18-12-21-22(2)13-18;3*3-2(4,5)1(6)7/h3,5-6,11-13H,4,7-10,14-16H2,1-2H3;3*(H,6,7). The van der Waals surface area contributed by atoms with E-state index >= 15 is 0 Å². The molecule has 1 unspecified atom stereocenters. The molecule has 2 aliphatic heterocycles. The van der Waals surface area contributed by atoms with Crippen molar-refractivity contribution in [3.63, 3.8) is 0 Å². The molecule has 46 heavy (non-hydrogen) atoms. The molecular formula is C26H31F9N4O7. The van der Waals surface area contributed by atoms with Crippen LogP contribution in [0, 0.1) is 6.92 Å². The normalized spacial score (nSPS) is 18.6. The van der Waals surface area contributed by atoms with E-state index in [1.165, 1.54) is 23.2 Å². The lowest BCUT2D eigenvalue weighted by molar-refractivity contribution is -0.193. The largest absolute Gasteiger partial charge is 0.490 e. The average Bonchev–Trinajstić information content (AvgIpc) is 3.32. The first-order chi connectivity index (χ1) is 20.9. The Morgan fingerprint density at radius 1 is 0.891 bits per heavy atom. The maximum atomic E-state index is 10.6. The fourth-order valence-electron chi connectivity index (χ4n) is 4.26. The second kappa shape index (κ2) is 16.5. The van der Waals surface area contributed by atoms with Crippen LogP contribution in [-0.4, -0.2) is 105 Å². The fourth-order valence-corrected chi connectivity index (χ4v) is 4.26. The van der Waals surface area contributed by atoms with Crippen molar-refractivity contribution in [3.8, 4) is 0 Å². The molecular weight excluding hydrogens is 651 g/mol. The molecule has 20 heteroatoms. The zero-order valence-electron chi connectivity index (χ0n) is 24.3. The number of benzene rings is 1. The van der Waals surface area contributed by atoms with Gasteiger partial charge in [0.2, 0.25) is 0 Å². The third-order valence-corrected chi connectivity index (χ3v) is 6.13. The summed E-state index contributed by atoms with van der Waals surface area (Å²) >= 11 is 0. The van der Waals surface area contributed by atoms with Gasteiger partial charge in [0.15, 0.2) is 0 Å². The van der Waals surface area contributed by atoms with Gasteiger partial charge in [0, 0.05) is 57.2 Å². The molecule has 0 saturated carbocycles. The highest BCUT2D eigenvalue weighted by molar-refractivity contribution is 5.73. The number of aromatic nitrogens is 2. The Kier molecular flexibility index (Phi) is 14.3. The third kappa shape index (κ3) is 14.4. The minimum absolute atomic E-state index is 0.0392. The Hall–Kier alpha value is -4.07. The van der Waals surface area contributed by atoms with Gasteiger partial charge in [-0.15, -0.1) is 0 Å². The van der Waals surface area contributed by atoms with Gasteiger partial charge < -0.3 is 25.0 Å². The maximum Gasteiger partial charge on any atom is 0.490 e. The van der Waals surface area contributed by atoms with Crippen LogP contribution in [0.3, 0.4) is 0 Å². The monoisotopic (exact) mass is 682 g/mol. The first-order valence-corrected chi connectivity index (χ1v) is 13.0. The number of nitrogens with zero attached hydrogens (tertiary/aromatic N) is 4. The van der Waals surface area contributed by atoms with E-state index in [0.717, 1.165) is 45.8 Å². The molecule has 1 spiro atoms. The number of carbonyl (C=O) groups is 3. The summed E-state index contributed by atoms with van der Waals surface area (Å²) in [5.41, 5.74) is 3.89. The molecule has 2 saturated heterocycles. The lowest BCUT2D eigenvalue weighted by Gasteiger charge is -2.48. The van der Waals surface area contributed by atoms with Gasteiger partial charge in [0.1, 0.15) is 0 Å². The van der Waals surface area contributed by atoms with Crippen molar-refractivity contribution in [2.75, 3.05) is 37.7 Å². The van der Waals surface area contributed by atoms with Gasteiger partial charge in [-0.3, -0.25) is 9.58 Å². The molecule has 1 atom stereocenters. The maximum absolute atomic E-state index is 10.6. The molecule has 2 aromatic rings. The Morgan fingerprint density at radius 3 is 1.85 bits per heavy atom. The molecule has 2 aliphatic rings. The van der Waals surface area contributed by atoms with Gasteiger partial charge in [0.05, 0.1) is 18.4 Å². The highest BCUT2D eigenvalue weighted by atomic mass is 19.4. The van der Waals surface area contributed by atoms with E-state index in [2.05, 4.69) is 52.3 Å². The molecule has 0 radical (unpaired) electrons. The topological polar surface area (TPSA) is 145 Å². The van der Waals surface area contributed by atoms with Crippen LogP contribution >= 0.6 is 0 Å². The number of hydrogen-bond acceptors (Lipinski definition) is 7. The minimum Gasteiger partial charge on any atom is -0.475 e. The van der Waals surface area contributed by atoms with Gasteiger partial charge in [0.25, 0.3) is 0 Å². The molecule has 2 fully saturated rings. The van der Waals surface area contributed by atoms with Crippen molar-refractivity contribution in [1.29, 1.82) is 0 Å². The van der Waals surface area contributed by atoms with E-state index in [1.807, 2.05) is 17.9 Å². The van der Waals surface area contributed by atoms with E-state index in [4.69, 9.17) is 34.4 Å². The lowest BCUT2D eigenvalue weighted by atomic mass is 9.90. The quantitative estimate of drug-likeness (QED) is 0.396. The number of hydrogen-bond donors (Lipinski definition) is 3. The van der Waals surface area contributed by atoms with E-state index < -0.39 is 36.4 Å². The van der Waals surface area contributed by atoms with Gasteiger partial charge in [-0.25, -0.2) is 14.4 Å². The van der Waals surface area contributed by atoms with Crippen LogP contribution in [0.4, 0.5) is 45.2 Å². The number of anilines is 1. The van der Waals surface area contributed by atoms with E-state index in [-0.39, 0.29) is 5.60 Å². The Morgan fingerprint density at radius 2 is 1.41 bits per heavy atom. The van der Waals surface area contributed by atoms with E-state index in [0.29, 0.717) is 0 Å². The molecule has 3 N–H and O–H groups in total. The molecule has 0 aliphatic carbocycles. The van der Waals surface area contributed by atoms with E-state index in [9.17, 15) is 39.5 Å². The second-order valence-electron chi connectivity index (χ2n) is 10.0. The number of rotatable bonds is 3. The summed E-state index contributed by atoms with van der Waals surface area (Å²) in [4.78, 5) is 31.7. The van der Waals surface area contributed by atoms with Crippen molar-refractivity contribution in [2.24, 2.45) is 7.05 Å². The fraction of sp³-hybridized carbons (Fsp3) is 0.538. The third-order valence-electron chi connectivity index (χ3n) is 6.13. The summed E-state index contributed by atoms with van der Waals surface area (Å²) in [6.45, 7) is 8.06. The number of morpholine rings is 1. The van der Waals surface area contributed by atoms with Crippen molar-refractivity contribution in [3.05, 3.63) is 47.8 Å². The molecule has 1 aromatic carbocycles. The number of halogens is 9. The zero-order chi connectivity index (χ0) is 35.5. The highest BCUT2D eigenvalue weighted by Gasteiger charge is 2.41. The van der Waals surface area contributed by atoms with E-state index in [1.54, 1.807) is 0 Å². The Balaban J connectivity index is 0.000000413. The number of ether oxygens (including phenoxy) is 1. The number of carboxylic acid groups (broad SMARTS) is 3. The smallest absolute Gasteiger partial charge is 0.475 e. The molecule has 11 nitrogen and oxygen atoms in total. The summed E-state index contributed by atoms with van der Waals surface area (Å²) in [5, 5.41) is 25.7. The number of carboxylic acids is 3. The molecule has 260 valence electrons. The van der Waals surface area contributed by atoms with Crippen molar-refractivity contribution < 1.29 is 74.0 Å². The predicted molar refractivity (Wildman–Crippen MR) is 141 cm³/mol. The number of alkyl halides is 9. The summed E-state index contributed by atoms with van der Waals surface area (Å²) < 4.78 is 103. The van der Waals surface area contributed by atoms with Crippen molar-refractivity contribution in [2.45, 2.75) is 50.4 Å². The second-order valence-corrected chi connectivity index (χ2v) is 10.0. The first-order valence-electron chi connectivity index (χ1n) is 13.0. The van der Waals surface area contributed by atoms with Crippen LogP contribution in [0.2, 0.25) is 0 Å². The summed E-state index contributed by atoms with van der Waals surface area (Å²) in [7, 11) is 1.98. The highest BCUT2D eigenvalue weighted by Crippen LogP contribution is 2.32. The Bertz CT molecular complexity index is 1240. The summed E-state index contributed by atoms with van der Waals surface area (Å²) in [6, 6.07) is 8.83. The number of aliphatic carboxylic acids is 3. The Labute approximate surface area is 255 Å². The van der Waals surface area contributed by atoms with Crippen molar-refractivity contribution in [1.82, 2.24) is 14.7 Å². The lowest BCUT2D eigenvalue weighted by Crippen LogP contribution is -2.59. The van der Waals surface area contributed by atoms with Gasteiger partial charge in [-0.2, -0.15) is 44.6 Å². The first kappa shape index (κ1) is 40.0. The average molecular weight is 683 g/mol. The van der Waals surface area contributed by atoms with Gasteiger partial charge in [-0.1, -0.05) is 12.1 Å². The summed E-state index contributed by atoms with van der Waals surface area (Å²) in [5.74, 6) is -8.27. The summed E-state index contributed by atoms with van der Waals surface area (Å²) in [6.07, 6.45) is -8.82. The van der Waals surface area contributed by atoms with Crippen LogP contribution in [0.5, 0.6) is 0 Å². The molecule has 0 amide bonds. The van der Waals surface area contributed by atoms with Gasteiger partial charge >= 0.3 is 36.4 Å². The number of piperidine rings is 1. The molecule has 1 aromatic heterocycles. The molecule has 0 bridgehead atoms. The molecule has 4 rings (SSSR count). The van der Waals surface area contributed by atoms with Crippen LogP contribution < -0.4 is 4.90 Å². The van der Waals surface area contributed by atoms with Crippen molar-refractivity contribution >= 4 is 23.6 Å². The van der Waals surface area contributed by atoms with Crippen LogP contribution in [0.15, 0.2) is 36.7 Å². The molecule has 3 heterocycles. The van der Waals surface area contributed by atoms with Crippen LogP contribution in [0.25, 0.3) is 0 Å². The minimum atomic E-state index is -5.08. The van der Waals surface area contributed by atoms with Crippen LogP contribution in [0.1, 0.15) is 24.0 Å². The van der Waals surface area contributed by atoms with Gasteiger partial charge in [-0.05, 0) is 37.5 Å².